The summed E-state index contributed by atoms with van der Waals surface area (Å²) in [5.74, 6) is 1.34. The molecule has 29 heavy (non-hydrogen) atoms. The van der Waals surface area contributed by atoms with Crippen molar-refractivity contribution >= 4 is 28.8 Å². The molecule has 0 bridgehead atoms. The summed E-state index contributed by atoms with van der Waals surface area (Å²) in [7, 11) is 0. The Labute approximate surface area is 172 Å². The van der Waals surface area contributed by atoms with Crippen LogP contribution in [0.25, 0.3) is 0 Å². The number of aromatic nitrogens is 2. The molecule has 152 valence electrons. The van der Waals surface area contributed by atoms with Crippen molar-refractivity contribution in [3.05, 3.63) is 28.2 Å². The summed E-state index contributed by atoms with van der Waals surface area (Å²) >= 11 is 1.26. The average Bonchev–Trinajstić information content (AvgIpc) is 3.53. The van der Waals surface area contributed by atoms with Crippen molar-refractivity contribution in [2.45, 2.75) is 44.6 Å². The van der Waals surface area contributed by atoms with Crippen molar-refractivity contribution in [2.24, 2.45) is 5.92 Å². The fourth-order valence-corrected chi connectivity index (χ4v) is 5.20. The molecule has 3 aliphatic rings. The Kier molecular flexibility index (Phi) is 4.83. The minimum atomic E-state index is -0.320. The lowest BCUT2D eigenvalue weighted by molar-refractivity contribution is -0.136. The van der Waals surface area contributed by atoms with Crippen LogP contribution in [0.2, 0.25) is 0 Å². The molecule has 1 aromatic carbocycles. The molecular weight excluding hydrogens is 392 g/mol. The number of likely N-dealkylation sites (tertiary alicyclic amines) is 1. The maximum atomic E-state index is 12.9. The number of benzene rings is 1. The van der Waals surface area contributed by atoms with Gasteiger partial charge in [0.15, 0.2) is 11.5 Å². The third-order valence-corrected chi connectivity index (χ3v) is 6.81. The fraction of sp³-hybridized carbons (Fsp3) is 0.500. The molecule has 8 nitrogen and oxygen atoms in total. The summed E-state index contributed by atoms with van der Waals surface area (Å²) in [5.41, 5.74) is 0.606. The predicted molar refractivity (Wildman–Crippen MR) is 106 cm³/mol. The highest BCUT2D eigenvalue weighted by atomic mass is 32.1. The van der Waals surface area contributed by atoms with Crippen molar-refractivity contribution in [3.8, 4) is 11.5 Å². The van der Waals surface area contributed by atoms with Gasteiger partial charge in [-0.3, -0.25) is 9.59 Å². The van der Waals surface area contributed by atoms with E-state index in [4.69, 9.17) is 9.47 Å². The van der Waals surface area contributed by atoms with E-state index in [-0.39, 0.29) is 35.6 Å². The Balaban J connectivity index is 1.28. The Morgan fingerprint density at radius 2 is 1.90 bits per heavy atom. The molecule has 0 unspecified atom stereocenters. The average molecular weight is 414 g/mol. The highest BCUT2D eigenvalue weighted by Gasteiger charge is 2.37. The summed E-state index contributed by atoms with van der Waals surface area (Å²) in [6, 6.07) is 5.18. The number of hydrogen-bond donors (Lipinski definition) is 1. The van der Waals surface area contributed by atoms with Gasteiger partial charge in [0.1, 0.15) is 5.01 Å². The van der Waals surface area contributed by atoms with Gasteiger partial charge in [0.25, 0.3) is 5.91 Å². The predicted octanol–water partition coefficient (Wildman–Crippen LogP) is 3.37. The van der Waals surface area contributed by atoms with Gasteiger partial charge in [-0.25, -0.2) is 0 Å². The minimum Gasteiger partial charge on any atom is -0.454 e. The largest absolute Gasteiger partial charge is 0.454 e. The van der Waals surface area contributed by atoms with Gasteiger partial charge in [-0.2, -0.15) is 0 Å². The molecule has 0 spiro atoms. The van der Waals surface area contributed by atoms with Gasteiger partial charge in [-0.15, -0.1) is 10.2 Å². The summed E-state index contributed by atoms with van der Waals surface area (Å²) in [6.07, 6.45) is 6.08. The number of carbonyl (C=O) groups is 2. The second-order valence-electron chi connectivity index (χ2n) is 7.64. The van der Waals surface area contributed by atoms with Crippen LogP contribution in [0.5, 0.6) is 11.5 Å². The van der Waals surface area contributed by atoms with E-state index in [2.05, 4.69) is 15.5 Å². The van der Waals surface area contributed by atoms with Crippen LogP contribution in [0, 0.1) is 5.92 Å². The number of hydrogen-bond acceptors (Lipinski definition) is 7. The van der Waals surface area contributed by atoms with E-state index >= 15 is 0 Å². The number of nitrogens with zero attached hydrogens (tertiary/aromatic N) is 3. The Morgan fingerprint density at radius 3 is 2.76 bits per heavy atom. The van der Waals surface area contributed by atoms with Crippen LogP contribution in [0.1, 0.15) is 59.4 Å². The van der Waals surface area contributed by atoms with E-state index < -0.39 is 0 Å². The van der Waals surface area contributed by atoms with Gasteiger partial charge in [0.2, 0.25) is 17.7 Å². The molecule has 3 heterocycles. The molecule has 2 fully saturated rings. The monoisotopic (exact) mass is 414 g/mol. The van der Waals surface area contributed by atoms with E-state index in [0.29, 0.717) is 17.2 Å². The molecule has 2 aliphatic heterocycles. The molecular formula is C20H22N4O4S. The van der Waals surface area contributed by atoms with Crippen molar-refractivity contribution in [3.63, 3.8) is 0 Å². The van der Waals surface area contributed by atoms with Gasteiger partial charge in [0, 0.05) is 24.2 Å². The number of amides is 2. The Morgan fingerprint density at radius 1 is 1.07 bits per heavy atom. The number of anilines is 1. The maximum absolute atomic E-state index is 12.9. The van der Waals surface area contributed by atoms with E-state index in [0.717, 1.165) is 50.1 Å². The zero-order valence-electron chi connectivity index (χ0n) is 15.9. The SMILES string of the molecule is O=C(Nc1ccc2c(c1)OCO2)c1nnc([C@@H]2CCCN2C(=O)C2CCCC2)s1. The topological polar surface area (TPSA) is 93.7 Å². The number of rotatable bonds is 4. The Hall–Kier alpha value is -2.68. The Bertz CT molecular complexity index is 940. The smallest absolute Gasteiger partial charge is 0.286 e. The molecule has 0 radical (unpaired) electrons. The van der Waals surface area contributed by atoms with Gasteiger partial charge in [-0.05, 0) is 37.8 Å². The number of fused-ring (bicyclic) bond motifs is 1. The second-order valence-corrected chi connectivity index (χ2v) is 8.65. The molecule has 2 amide bonds. The van der Waals surface area contributed by atoms with Gasteiger partial charge >= 0.3 is 0 Å². The van der Waals surface area contributed by atoms with E-state index in [1.165, 1.54) is 11.3 Å². The molecule has 9 heteroatoms. The lowest BCUT2D eigenvalue weighted by atomic mass is 10.1. The summed E-state index contributed by atoms with van der Waals surface area (Å²) in [4.78, 5) is 27.5. The summed E-state index contributed by atoms with van der Waals surface area (Å²) in [6.45, 7) is 0.947. The van der Waals surface area contributed by atoms with Crippen molar-refractivity contribution in [1.82, 2.24) is 15.1 Å². The quantitative estimate of drug-likeness (QED) is 0.824. The first kappa shape index (κ1) is 18.4. The van der Waals surface area contributed by atoms with Crippen LogP contribution in [-0.4, -0.2) is 40.2 Å². The van der Waals surface area contributed by atoms with Crippen LogP contribution in [0.15, 0.2) is 18.2 Å². The molecule has 1 N–H and O–H groups in total. The third-order valence-electron chi connectivity index (χ3n) is 5.79. The van der Waals surface area contributed by atoms with Gasteiger partial charge < -0.3 is 19.7 Å². The normalized spacial score (nSPS) is 21.0. The fourth-order valence-electron chi connectivity index (χ4n) is 4.31. The highest BCUT2D eigenvalue weighted by Crippen LogP contribution is 2.38. The lowest BCUT2D eigenvalue weighted by Crippen LogP contribution is -2.34. The zero-order chi connectivity index (χ0) is 19.8. The minimum absolute atomic E-state index is 0.0623. The zero-order valence-corrected chi connectivity index (χ0v) is 16.7. The molecule has 1 aromatic heterocycles. The second kappa shape index (κ2) is 7.62. The van der Waals surface area contributed by atoms with Gasteiger partial charge in [0.05, 0.1) is 6.04 Å². The number of carbonyl (C=O) groups excluding carboxylic acids is 2. The molecule has 1 saturated heterocycles. The van der Waals surface area contributed by atoms with Crippen LogP contribution in [0.4, 0.5) is 5.69 Å². The van der Waals surface area contributed by atoms with Crippen molar-refractivity contribution in [2.75, 3.05) is 18.7 Å². The van der Waals surface area contributed by atoms with Crippen LogP contribution in [-0.2, 0) is 4.79 Å². The number of nitrogens with one attached hydrogen (secondary N) is 1. The van der Waals surface area contributed by atoms with Crippen LogP contribution < -0.4 is 14.8 Å². The van der Waals surface area contributed by atoms with Crippen molar-refractivity contribution in [1.29, 1.82) is 0 Å². The number of ether oxygens (including phenoxy) is 2. The van der Waals surface area contributed by atoms with Gasteiger partial charge in [-0.1, -0.05) is 24.2 Å². The first-order chi connectivity index (χ1) is 14.2. The molecule has 1 aliphatic carbocycles. The first-order valence-electron chi connectivity index (χ1n) is 10.0. The van der Waals surface area contributed by atoms with E-state index in [9.17, 15) is 9.59 Å². The lowest BCUT2D eigenvalue weighted by Gasteiger charge is -2.25. The summed E-state index contributed by atoms with van der Waals surface area (Å²) < 4.78 is 10.6. The highest BCUT2D eigenvalue weighted by molar-refractivity contribution is 7.13. The summed E-state index contributed by atoms with van der Waals surface area (Å²) in [5, 5.41) is 12.2. The van der Waals surface area contributed by atoms with Crippen molar-refractivity contribution < 1.29 is 19.1 Å². The molecule has 2 aromatic rings. The van der Waals surface area contributed by atoms with Crippen LogP contribution in [0.3, 0.4) is 0 Å². The van der Waals surface area contributed by atoms with Crippen LogP contribution >= 0.6 is 11.3 Å². The maximum Gasteiger partial charge on any atom is 0.286 e. The van der Waals surface area contributed by atoms with E-state index in [1.54, 1.807) is 18.2 Å². The molecule has 5 rings (SSSR count). The molecule has 1 saturated carbocycles. The standard InChI is InChI=1S/C20H22N4O4S/c25-17(21-13-7-8-15-16(10-13)28-11-27-15)19-23-22-18(29-19)14-6-3-9-24(14)20(26)12-4-1-2-5-12/h7-8,10,12,14H,1-6,9,11H2,(H,21,25)/t14-/m0/s1. The molecule has 1 atom stereocenters. The van der Waals surface area contributed by atoms with E-state index in [1.807, 2.05) is 4.90 Å². The third kappa shape index (κ3) is 3.55. The first-order valence-corrected chi connectivity index (χ1v) is 10.9.